The summed E-state index contributed by atoms with van der Waals surface area (Å²) in [5.74, 6) is 1.37. The molecule has 0 radical (unpaired) electrons. The van der Waals surface area contributed by atoms with Crippen molar-refractivity contribution < 1.29 is 28.1 Å². The van der Waals surface area contributed by atoms with Crippen LogP contribution in [0.15, 0.2) is 48.7 Å². The molecule has 3 aromatic rings. The van der Waals surface area contributed by atoms with Crippen molar-refractivity contribution in [1.29, 1.82) is 0 Å². The van der Waals surface area contributed by atoms with Crippen molar-refractivity contribution in [3.63, 3.8) is 0 Å². The number of aromatic nitrogens is 2. The lowest BCUT2D eigenvalue weighted by Gasteiger charge is -2.36. The lowest BCUT2D eigenvalue weighted by Crippen LogP contribution is -2.49. The number of fused-ring (bicyclic) bond motifs is 1. The molecule has 5 rings (SSSR count). The van der Waals surface area contributed by atoms with E-state index in [0.717, 1.165) is 38.3 Å². The number of benzene rings is 2. The summed E-state index contributed by atoms with van der Waals surface area (Å²) in [6.07, 6.45) is 0.786. The Hall–Kier alpha value is -4.16. The first-order valence-corrected chi connectivity index (χ1v) is 13.2. The van der Waals surface area contributed by atoms with E-state index in [4.69, 9.17) is 18.9 Å². The van der Waals surface area contributed by atoms with Crippen molar-refractivity contribution in [2.24, 2.45) is 0 Å². The van der Waals surface area contributed by atoms with Gasteiger partial charge in [-0.05, 0) is 49.7 Å². The van der Waals surface area contributed by atoms with E-state index in [1.165, 1.54) is 18.3 Å². The Morgan fingerprint density at radius 1 is 1.07 bits per heavy atom. The molecule has 0 spiro atoms. The first kappa shape index (κ1) is 27.4. The van der Waals surface area contributed by atoms with E-state index in [1.807, 2.05) is 0 Å². The summed E-state index contributed by atoms with van der Waals surface area (Å²) in [5, 5.41) is 5.50. The van der Waals surface area contributed by atoms with Crippen molar-refractivity contribution in [1.82, 2.24) is 19.8 Å². The highest BCUT2D eigenvalue weighted by molar-refractivity contribution is 5.83. The number of nitrogens with one attached hydrogen (secondary N) is 2. The molecular formula is C28H33FN6O5. The molecular weight excluding hydrogens is 519 g/mol. The highest BCUT2D eigenvalue weighted by Gasteiger charge is 2.19. The molecule has 12 heteroatoms. The zero-order chi connectivity index (χ0) is 27.9. The van der Waals surface area contributed by atoms with Gasteiger partial charge in [-0.1, -0.05) is 6.07 Å². The molecule has 2 N–H and O–H groups in total. The molecule has 1 saturated heterocycles. The smallest absolute Gasteiger partial charge is 0.413 e. The van der Waals surface area contributed by atoms with Gasteiger partial charge in [-0.2, -0.15) is 4.98 Å². The van der Waals surface area contributed by atoms with Crippen molar-refractivity contribution >= 4 is 23.5 Å². The van der Waals surface area contributed by atoms with Gasteiger partial charge in [0.2, 0.25) is 12.7 Å². The molecule has 11 nitrogen and oxygen atoms in total. The second kappa shape index (κ2) is 12.8. The average molecular weight is 553 g/mol. The van der Waals surface area contributed by atoms with E-state index in [-0.39, 0.29) is 30.9 Å². The van der Waals surface area contributed by atoms with Crippen LogP contribution in [0.2, 0.25) is 0 Å². The third-order valence-electron chi connectivity index (χ3n) is 6.68. The number of ether oxygens (including phenoxy) is 4. The Kier molecular flexibility index (Phi) is 8.77. The minimum Gasteiger partial charge on any atom is -0.489 e. The molecule has 2 aliphatic heterocycles. The predicted octanol–water partition coefficient (Wildman–Crippen LogP) is 4.24. The van der Waals surface area contributed by atoms with E-state index in [1.54, 1.807) is 30.3 Å². The molecule has 212 valence electrons. The molecule has 1 amide bonds. The summed E-state index contributed by atoms with van der Waals surface area (Å²) < 4.78 is 36.3. The monoisotopic (exact) mass is 552 g/mol. The number of hydrogen-bond donors (Lipinski definition) is 2. The normalized spacial score (nSPS) is 15.2. The van der Waals surface area contributed by atoms with Crippen LogP contribution in [0.25, 0.3) is 0 Å². The van der Waals surface area contributed by atoms with Crippen LogP contribution in [-0.4, -0.2) is 78.0 Å². The number of hydrogen-bond acceptors (Lipinski definition) is 10. The summed E-state index contributed by atoms with van der Waals surface area (Å²) in [4.78, 5) is 25.4. The van der Waals surface area contributed by atoms with Gasteiger partial charge >= 0.3 is 6.09 Å². The average Bonchev–Trinajstić information content (AvgIpc) is 3.42. The molecule has 3 heterocycles. The van der Waals surface area contributed by atoms with Gasteiger partial charge in [0, 0.05) is 56.7 Å². The SMILES string of the molecule is CC(C)N1CCN(CCOc2ccc(Nc3nccc(NC(=O)OCc4ccc5c(c4)OCO5)n3)cc2F)CC1. The van der Waals surface area contributed by atoms with Crippen molar-refractivity contribution in [2.45, 2.75) is 26.5 Å². The van der Waals surface area contributed by atoms with E-state index < -0.39 is 11.9 Å². The molecule has 1 fully saturated rings. The van der Waals surface area contributed by atoms with Crippen LogP contribution < -0.4 is 24.8 Å². The van der Waals surface area contributed by atoms with Gasteiger partial charge in [-0.25, -0.2) is 14.2 Å². The fraction of sp³-hybridized carbons (Fsp3) is 0.393. The molecule has 2 aliphatic rings. The fourth-order valence-corrected chi connectivity index (χ4v) is 4.42. The van der Waals surface area contributed by atoms with Crippen molar-refractivity contribution in [3.05, 3.63) is 60.0 Å². The van der Waals surface area contributed by atoms with Gasteiger partial charge < -0.3 is 24.3 Å². The first-order valence-electron chi connectivity index (χ1n) is 13.2. The number of carbonyl (C=O) groups is 1. The topological polar surface area (TPSA) is 110 Å². The molecule has 2 aromatic carbocycles. The van der Waals surface area contributed by atoms with E-state index in [9.17, 15) is 9.18 Å². The summed E-state index contributed by atoms with van der Waals surface area (Å²) in [6.45, 7) is 9.83. The molecule has 1 aromatic heterocycles. The standard InChI is InChI=1S/C28H33FN6O5/c1-19(2)35-11-9-34(10-12-35)13-14-37-23-6-4-21(16-22(23)29)31-27-30-8-7-26(32-27)33-28(36)38-17-20-3-5-24-25(15-20)40-18-39-24/h3-8,15-16,19H,9-14,17-18H2,1-2H3,(H2,30,31,32,33,36). The third-order valence-corrected chi connectivity index (χ3v) is 6.68. The van der Waals surface area contributed by atoms with Gasteiger partial charge in [0.25, 0.3) is 0 Å². The number of anilines is 3. The van der Waals surface area contributed by atoms with Gasteiger partial charge in [-0.3, -0.25) is 15.1 Å². The Bertz CT molecular complexity index is 1320. The molecule has 40 heavy (non-hydrogen) atoms. The van der Waals surface area contributed by atoms with Crippen LogP contribution in [0, 0.1) is 5.82 Å². The number of rotatable bonds is 10. The Labute approximate surface area is 232 Å². The fourth-order valence-electron chi connectivity index (χ4n) is 4.42. The Balaban J connectivity index is 1.07. The Morgan fingerprint density at radius 2 is 1.90 bits per heavy atom. The zero-order valence-corrected chi connectivity index (χ0v) is 22.6. The minimum absolute atomic E-state index is 0.0428. The highest BCUT2D eigenvalue weighted by atomic mass is 19.1. The summed E-state index contributed by atoms with van der Waals surface area (Å²) in [7, 11) is 0. The zero-order valence-electron chi connectivity index (χ0n) is 22.6. The summed E-state index contributed by atoms with van der Waals surface area (Å²) in [5.41, 5.74) is 1.19. The number of nitrogens with zero attached hydrogens (tertiary/aromatic N) is 4. The number of halogens is 1. The summed E-state index contributed by atoms with van der Waals surface area (Å²) in [6, 6.07) is 12.0. The van der Waals surface area contributed by atoms with E-state index >= 15 is 0 Å². The summed E-state index contributed by atoms with van der Waals surface area (Å²) >= 11 is 0. The Morgan fingerprint density at radius 3 is 2.70 bits per heavy atom. The molecule has 0 atom stereocenters. The lowest BCUT2D eigenvalue weighted by molar-refractivity contribution is 0.0965. The maximum absolute atomic E-state index is 14.7. The maximum atomic E-state index is 14.7. The lowest BCUT2D eigenvalue weighted by atomic mass is 10.2. The van der Waals surface area contributed by atoms with Gasteiger partial charge in [0.15, 0.2) is 23.1 Å². The quantitative estimate of drug-likeness (QED) is 0.379. The second-order valence-electron chi connectivity index (χ2n) is 9.74. The molecule has 0 bridgehead atoms. The van der Waals surface area contributed by atoms with Crippen molar-refractivity contribution in [3.8, 4) is 17.2 Å². The number of amides is 1. The van der Waals surface area contributed by atoms with Gasteiger partial charge in [-0.15, -0.1) is 0 Å². The van der Waals surface area contributed by atoms with E-state index in [0.29, 0.717) is 29.8 Å². The number of piperazine rings is 1. The van der Waals surface area contributed by atoms with Crippen LogP contribution in [-0.2, 0) is 11.3 Å². The second-order valence-corrected chi connectivity index (χ2v) is 9.74. The highest BCUT2D eigenvalue weighted by Crippen LogP contribution is 2.32. The third kappa shape index (κ3) is 7.27. The van der Waals surface area contributed by atoms with Crippen LogP contribution in [0.5, 0.6) is 17.2 Å². The van der Waals surface area contributed by atoms with E-state index in [2.05, 4.69) is 44.2 Å². The van der Waals surface area contributed by atoms with Crippen molar-refractivity contribution in [2.75, 3.05) is 56.8 Å². The minimum atomic E-state index is -0.684. The maximum Gasteiger partial charge on any atom is 0.413 e. The number of carbonyl (C=O) groups excluding carboxylic acids is 1. The van der Waals surface area contributed by atoms with Crippen LogP contribution in [0.3, 0.4) is 0 Å². The molecule has 0 saturated carbocycles. The first-order chi connectivity index (χ1) is 19.4. The predicted molar refractivity (Wildman–Crippen MR) is 147 cm³/mol. The van der Waals surface area contributed by atoms with Gasteiger partial charge in [0.05, 0.1) is 0 Å². The van der Waals surface area contributed by atoms with Crippen LogP contribution >= 0.6 is 0 Å². The largest absolute Gasteiger partial charge is 0.489 e. The van der Waals surface area contributed by atoms with Gasteiger partial charge in [0.1, 0.15) is 19.0 Å². The van der Waals surface area contributed by atoms with Crippen LogP contribution in [0.4, 0.5) is 26.6 Å². The molecule has 0 aliphatic carbocycles. The molecule has 0 unspecified atom stereocenters. The van der Waals surface area contributed by atoms with Crippen LogP contribution in [0.1, 0.15) is 19.4 Å².